The normalized spacial score (nSPS) is 10.5. The van der Waals surface area contributed by atoms with Crippen LogP contribution >= 0.6 is 27.3 Å². The molecule has 1 heterocycles. The average Bonchev–Trinajstić information content (AvgIpc) is 2.96. The summed E-state index contributed by atoms with van der Waals surface area (Å²) in [6, 6.07) is 14.7. The minimum atomic E-state index is -0.151. The lowest BCUT2D eigenvalue weighted by atomic mass is 10.1. The molecule has 128 valence electrons. The number of rotatable bonds is 6. The van der Waals surface area contributed by atoms with Gasteiger partial charge in [-0.25, -0.2) is 4.98 Å². The van der Waals surface area contributed by atoms with E-state index in [1.165, 1.54) is 11.3 Å². The average molecular weight is 418 g/mol. The molecule has 1 aromatic heterocycles. The third-order valence-electron chi connectivity index (χ3n) is 3.37. The number of halogens is 1. The first kappa shape index (κ1) is 17.4. The number of nitrogens with two attached hydrogens (primary N) is 1. The van der Waals surface area contributed by atoms with E-state index < -0.39 is 0 Å². The molecule has 0 aliphatic carbocycles. The summed E-state index contributed by atoms with van der Waals surface area (Å²) in [6.07, 6.45) is 0. The molecule has 0 bridgehead atoms. The minimum Gasteiger partial charge on any atom is -0.492 e. The van der Waals surface area contributed by atoms with E-state index in [4.69, 9.17) is 10.5 Å². The predicted octanol–water partition coefficient (Wildman–Crippen LogP) is 4.86. The number of thiazole rings is 1. The molecule has 2 aromatic carbocycles. The van der Waals surface area contributed by atoms with Gasteiger partial charge in [0.15, 0.2) is 5.13 Å². The van der Waals surface area contributed by atoms with Crippen molar-refractivity contribution in [1.82, 2.24) is 4.98 Å². The number of carbonyl (C=O) groups excluding carboxylic acids is 1. The molecule has 0 spiro atoms. The minimum absolute atomic E-state index is 0.151. The number of anilines is 3. The van der Waals surface area contributed by atoms with E-state index in [0.29, 0.717) is 22.2 Å². The lowest BCUT2D eigenvalue weighted by Gasteiger charge is -2.09. The highest BCUT2D eigenvalue weighted by Gasteiger charge is 2.18. The van der Waals surface area contributed by atoms with E-state index in [0.717, 1.165) is 15.9 Å². The second-order valence-electron chi connectivity index (χ2n) is 5.13. The Bertz CT molecular complexity index is 911. The number of para-hydroxylation sites is 2. The highest BCUT2D eigenvalue weighted by Crippen LogP contribution is 2.33. The van der Waals surface area contributed by atoms with Gasteiger partial charge in [0, 0.05) is 10.0 Å². The van der Waals surface area contributed by atoms with Crippen molar-refractivity contribution in [3.8, 4) is 5.75 Å². The number of hydrogen-bond donors (Lipinski definition) is 2. The van der Waals surface area contributed by atoms with Gasteiger partial charge < -0.3 is 15.8 Å². The lowest BCUT2D eigenvalue weighted by molar-refractivity contribution is 0.104. The van der Waals surface area contributed by atoms with Crippen LogP contribution in [-0.2, 0) is 0 Å². The van der Waals surface area contributed by atoms with E-state index >= 15 is 0 Å². The van der Waals surface area contributed by atoms with Crippen molar-refractivity contribution in [2.75, 3.05) is 17.7 Å². The van der Waals surface area contributed by atoms with Crippen LogP contribution in [0.3, 0.4) is 0 Å². The zero-order chi connectivity index (χ0) is 17.8. The molecule has 0 saturated carbocycles. The maximum absolute atomic E-state index is 12.7. The van der Waals surface area contributed by atoms with Gasteiger partial charge >= 0.3 is 0 Å². The third kappa shape index (κ3) is 4.00. The molecule has 7 heteroatoms. The van der Waals surface area contributed by atoms with Crippen molar-refractivity contribution >= 4 is 49.7 Å². The molecule has 0 radical (unpaired) electrons. The van der Waals surface area contributed by atoms with Gasteiger partial charge in [0.05, 0.1) is 12.3 Å². The van der Waals surface area contributed by atoms with Crippen LogP contribution < -0.4 is 15.8 Å². The molecular weight excluding hydrogens is 402 g/mol. The van der Waals surface area contributed by atoms with Crippen molar-refractivity contribution in [3.05, 3.63) is 63.4 Å². The number of ether oxygens (including phenoxy) is 1. The summed E-state index contributed by atoms with van der Waals surface area (Å²) in [5, 5.41) is 3.72. The molecule has 0 fully saturated rings. The van der Waals surface area contributed by atoms with Gasteiger partial charge in [0.1, 0.15) is 16.4 Å². The van der Waals surface area contributed by atoms with Crippen LogP contribution in [0.2, 0.25) is 0 Å². The molecule has 0 unspecified atom stereocenters. The molecule has 25 heavy (non-hydrogen) atoms. The van der Waals surface area contributed by atoms with Crippen LogP contribution in [-0.4, -0.2) is 17.4 Å². The van der Waals surface area contributed by atoms with Crippen molar-refractivity contribution in [2.45, 2.75) is 6.92 Å². The number of nitrogens with zero attached hydrogens (tertiary/aromatic N) is 1. The Morgan fingerprint density at radius 1 is 1.28 bits per heavy atom. The second-order valence-corrected chi connectivity index (χ2v) is 7.04. The third-order valence-corrected chi connectivity index (χ3v) is 4.85. The van der Waals surface area contributed by atoms with Crippen molar-refractivity contribution in [3.63, 3.8) is 0 Å². The van der Waals surface area contributed by atoms with Crippen molar-refractivity contribution in [1.29, 1.82) is 0 Å². The Morgan fingerprint density at radius 3 is 2.84 bits per heavy atom. The Morgan fingerprint density at radius 2 is 2.08 bits per heavy atom. The smallest absolute Gasteiger partial charge is 0.206 e. The maximum atomic E-state index is 12.7. The Balaban J connectivity index is 1.87. The van der Waals surface area contributed by atoms with Crippen LogP contribution in [0, 0.1) is 0 Å². The number of ketones is 1. The molecule has 3 aromatic rings. The van der Waals surface area contributed by atoms with Crippen LogP contribution in [0.15, 0.2) is 53.0 Å². The van der Waals surface area contributed by atoms with Gasteiger partial charge in [-0.3, -0.25) is 4.79 Å². The van der Waals surface area contributed by atoms with E-state index in [-0.39, 0.29) is 11.6 Å². The summed E-state index contributed by atoms with van der Waals surface area (Å²) < 4.78 is 6.43. The monoisotopic (exact) mass is 417 g/mol. The Kier molecular flexibility index (Phi) is 5.35. The topological polar surface area (TPSA) is 77.2 Å². The maximum Gasteiger partial charge on any atom is 0.206 e. The molecule has 3 N–H and O–H groups in total. The van der Waals surface area contributed by atoms with Crippen molar-refractivity contribution in [2.24, 2.45) is 0 Å². The largest absolute Gasteiger partial charge is 0.492 e. The molecule has 0 saturated heterocycles. The Hall–Kier alpha value is -2.38. The fraction of sp³-hybridized carbons (Fsp3) is 0.111. The molecule has 0 aliphatic heterocycles. The number of hydrogen-bond acceptors (Lipinski definition) is 6. The molecule has 0 amide bonds. The number of aromatic nitrogens is 1. The van der Waals surface area contributed by atoms with Gasteiger partial charge in [-0.05, 0) is 31.2 Å². The van der Waals surface area contributed by atoms with Gasteiger partial charge in [0.2, 0.25) is 5.78 Å². The summed E-state index contributed by atoms with van der Waals surface area (Å²) in [6.45, 7) is 2.48. The van der Waals surface area contributed by atoms with Crippen LogP contribution in [0.1, 0.15) is 22.2 Å². The van der Waals surface area contributed by atoms with Gasteiger partial charge in [-0.2, -0.15) is 0 Å². The zero-order valence-corrected chi connectivity index (χ0v) is 15.9. The summed E-state index contributed by atoms with van der Waals surface area (Å²) in [5.74, 6) is 0.785. The van der Waals surface area contributed by atoms with E-state index in [1.807, 2.05) is 43.3 Å². The molecular formula is C18H16BrN3O2S. The lowest BCUT2D eigenvalue weighted by Crippen LogP contribution is -2.02. The van der Waals surface area contributed by atoms with Gasteiger partial charge in [-0.15, -0.1) is 0 Å². The van der Waals surface area contributed by atoms with E-state index in [1.54, 1.807) is 12.1 Å². The molecule has 0 aliphatic rings. The van der Waals surface area contributed by atoms with Crippen LogP contribution in [0.25, 0.3) is 0 Å². The van der Waals surface area contributed by atoms with E-state index in [9.17, 15) is 4.79 Å². The summed E-state index contributed by atoms with van der Waals surface area (Å²) in [5.41, 5.74) is 7.30. The molecule has 3 rings (SSSR count). The van der Waals surface area contributed by atoms with Gasteiger partial charge in [-0.1, -0.05) is 51.5 Å². The number of benzene rings is 2. The number of nitrogen functional groups attached to an aromatic ring is 1. The van der Waals surface area contributed by atoms with Crippen molar-refractivity contribution < 1.29 is 9.53 Å². The van der Waals surface area contributed by atoms with Crippen LogP contribution in [0.4, 0.5) is 16.6 Å². The number of carbonyl (C=O) groups is 1. The standard InChI is InChI=1S/C18H16BrN3O2S/c1-2-24-14-9-4-3-8-13(14)21-18-22-17(20)16(25-18)15(23)11-6-5-7-12(19)10-11/h3-10H,2,20H2,1H3,(H,21,22). The predicted molar refractivity (Wildman–Crippen MR) is 105 cm³/mol. The second kappa shape index (κ2) is 7.67. The highest BCUT2D eigenvalue weighted by molar-refractivity contribution is 9.10. The quantitative estimate of drug-likeness (QED) is 0.559. The first-order valence-electron chi connectivity index (χ1n) is 7.64. The summed E-state index contributed by atoms with van der Waals surface area (Å²) >= 11 is 4.59. The van der Waals surface area contributed by atoms with E-state index in [2.05, 4.69) is 26.2 Å². The molecule has 5 nitrogen and oxygen atoms in total. The summed E-state index contributed by atoms with van der Waals surface area (Å²) in [4.78, 5) is 17.4. The van der Waals surface area contributed by atoms with Crippen LogP contribution in [0.5, 0.6) is 5.75 Å². The zero-order valence-electron chi connectivity index (χ0n) is 13.5. The van der Waals surface area contributed by atoms with Gasteiger partial charge in [0.25, 0.3) is 0 Å². The fourth-order valence-corrected chi connectivity index (χ4v) is 3.53. The molecule has 0 atom stereocenters. The SMILES string of the molecule is CCOc1ccccc1Nc1nc(N)c(C(=O)c2cccc(Br)c2)s1. The first-order valence-corrected chi connectivity index (χ1v) is 9.25. The fourth-order valence-electron chi connectivity index (χ4n) is 2.28. The highest BCUT2D eigenvalue weighted by atomic mass is 79.9. The summed E-state index contributed by atoms with van der Waals surface area (Å²) in [7, 11) is 0. The Labute approximate surface area is 158 Å². The number of nitrogens with one attached hydrogen (secondary N) is 1. The first-order chi connectivity index (χ1) is 12.1.